The van der Waals surface area contributed by atoms with Crippen LogP contribution in [0.1, 0.15) is 90.8 Å². The number of benzene rings is 7. The molecule has 0 unspecified atom stereocenters. The molecule has 0 spiro atoms. The van der Waals surface area contributed by atoms with Crippen LogP contribution in [0, 0.1) is 0 Å². The fraction of sp³-hybridized carbons (Fsp3) is 0.191. The van der Waals surface area contributed by atoms with Gasteiger partial charge in [0.2, 0.25) is 0 Å². The fourth-order valence-corrected chi connectivity index (χ4v) is 11.5. The summed E-state index contributed by atoms with van der Waals surface area (Å²) < 4.78 is 55.7. The normalized spacial score (nSPS) is 15.1. The number of fused-ring (bicyclic) bond motifs is 10. The van der Waals surface area contributed by atoms with Gasteiger partial charge in [0.1, 0.15) is 24.0 Å². The SMILES string of the molecule is [2H]c1c([2H])c([2H])c(-c2cc(C3=c4c(c5ccccc5c5c(c6cccc7c6n4CN7c4cccc(Oc6ccc7c8ccccc8n(-c8cc(C(C)(C)C)ccn8)c7c6)c4)=CCCC=5)=CCC3)cc(C(C)(C)C)c2)c([2H])c1[2H]. The van der Waals surface area contributed by atoms with Crippen molar-refractivity contribution in [2.75, 3.05) is 4.90 Å². The van der Waals surface area contributed by atoms with Crippen LogP contribution in [0.15, 0.2) is 176 Å². The molecule has 0 N–H and O–H groups in total. The average Bonchev–Trinajstić information content (AvgIpc) is 4.07. The number of hydrogen-bond acceptors (Lipinski definition) is 3. The summed E-state index contributed by atoms with van der Waals surface area (Å²) in [6.45, 7) is 13.7. The number of ether oxygens (including phenoxy) is 1. The predicted octanol–water partition coefficient (Wildman–Crippen LogP) is 14.7. The van der Waals surface area contributed by atoms with Crippen molar-refractivity contribution in [2.24, 2.45) is 0 Å². The van der Waals surface area contributed by atoms with Crippen LogP contribution in [-0.2, 0) is 17.5 Å². The van der Waals surface area contributed by atoms with Gasteiger partial charge >= 0.3 is 0 Å². The van der Waals surface area contributed by atoms with Gasteiger partial charge in [0.15, 0.2) is 0 Å². The molecule has 0 fully saturated rings. The van der Waals surface area contributed by atoms with Crippen LogP contribution in [0.5, 0.6) is 11.5 Å². The molecule has 3 aliphatic rings. The van der Waals surface area contributed by atoms with Crippen LogP contribution in [0.2, 0.25) is 0 Å². The van der Waals surface area contributed by atoms with Crippen LogP contribution in [0.3, 0.4) is 0 Å². The number of rotatable bonds is 6. The molecule has 0 saturated carbocycles. The highest BCUT2D eigenvalue weighted by Gasteiger charge is 2.27. The quantitative estimate of drug-likeness (QED) is 0.167. The highest BCUT2D eigenvalue weighted by atomic mass is 16.5. The molecule has 5 heteroatoms. The first-order valence-electron chi connectivity index (χ1n) is 28.2. The van der Waals surface area contributed by atoms with Gasteiger partial charge in [-0.1, -0.05) is 163 Å². The van der Waals surface area contributed by atoms with Crippen molar-refractivity contribution in [3.05, 3.63) is 214 Å². The number of anilines is 2. The van der Waals surface area contributed by atoms with Gasteiger partial charge in [0, 0.05) is 45.4 Å². The largest absolute Gasteiger partial charge is 0.457 e. The van der Waals surface area contributed by atoms with E-state index in [4.69, 9.17) is 16.6 Å². The number of para-hydroxylation sites is 2. The summed E-state index contributed by atoms with van der Waals surface area (Å²) in [6.07, 6.45) is 12.6. The Labute approximate surface area is 434 Å². The minimum absolute atomic E-state index is 0.0463. The summed E-state index contributed by atoms with van der Waals surface area (Å²) in [6, 6.07) is 48.0. The van der Waals surface area contributed by atoms with Crippen molar-refractivity contribution in [1.29, 1.82) is 0 Å². The molecule has 13 rings (SSSR count). The van der Waals surface area contributed by atoms with Crippen molar-refractivity contribution in [1.82, 2.24) is 14.1 Å². The molecular formula is C68H60N4O. The van der Waals surface area contributed by atoms with Crippen molar-refractivity contribution in [3.63, 3.8) is 0 Å². The van der Waals surface area contributed by atoms with E-state index in [2.05, 4.69) is 201 Å². The van der Waals surface area contributed by atoms with Crippen LogP contribution < -0.4 is 30.6 Å². The number of hydrogen-bond donors (Lipinski definition) is 0. The molecular weight excluding hydrogens is 889 g/mol. The molecule has 1 aliphatic heterocycles. The topological polar surface area (TPSA) is 35.2 Å². The Morgan fingerprint density at radius 3 is 2.00 bits per heavy atom. The second-order valence-electron chi connectivity index (χ2n) is 21.8. The number of nitrogens with zero attached hydrogens (tertiary/aromatic N) is 4. The van der Waals surface area contributed by atoms with E-state index < -0.39 is 6.04 Å². The minimum atomic E-state index is -0.398. The van der Waals surface area contributed by atoms with Crippen molar-refractivity contribution >= 4 is 78.7 Å². The van der Waals surface area contributed by atoms with Gasteiger partial charge in [0.25, 0.3) is 0 Å². The Morgan fingerprint density at radius 1 is 0.534 bits per heavy atom. The molecule has 0 atom stereocenters. The smallest absolute Gasteiger partial charge is 0.137 e. The Kier molecular flexibility index (Phi) is 9.34. The molecule has 0 saturated heterocycles. The van der Waals surface area contributed by atoms with Crippen LogP contribution >= 0.6 is 0 Å². The molecule has 4 heterocycles. The number of aromatic nitrogens is 3. The third kappa shape index (κ3) is 7.72. The molecule has 0 amide bonds. The predicted molar refractivity (Wildman–Crippen MR) is 306 cm³/mol. The summed E-state index contributed by atoms with van der Waals surface area (Å²) in [5.74, 6) is 2.30. The maximum Gasteiger partial charge on any atom is 0.137 e. The Hall–Kier alpha value is -8.15. The van der Waals surface area contributed by atoms with Gasteiger partial charge in [-0.25, -0.2) is 4.98 Å². The minimum Gasteiger partial charge on any atom is -0.457 e. The van der Waals surface area contributed by atoms with Crippen LogP contribution in [0.4, 0.5) is 11.4 Å². The summed E-state index contributed by atoms with van der Waals surface area (Å²) >= 11 is 0. The highest BCUT2D eigenvalue weighted by molar-refractivity contribution is 6.09. The van der Waals surface area contributed by atoms with E-state index in [0.717, 1.165) is 109 Å². The maximum atomic E-state index is 9.12. The molecule has 7 aromatic carbocycles. The van der Waals surface area contributed by atoms with Crippen LogP contribution in [0.25, 0.3) is 84.2 Å². The van der Waals surface area contributed by atoms with Crippen molar-refractivity contribution in [3.8, 4) is 28.4 Å². The standard InChI is InChI=1S/C68H60N4O/c1-67(2,3)47-35-36-69-64(40-47)72-61-31-15-14-27-57(61)58-34-33-51(42-63(58)72)73-50-22-16-21-49(41-50)70-43-71-65-52(46-37-45(44-19-8-7-9-20-44)38-48(39-46)68(4,5)6)28-17-29-59(65)55-25-12-10-23-53(55)54-24-11-13-26-56(54)60-30-18-32-62(70)66(60)71/h7-10,12,14-16,18-27,29-42H,11,13,17,28,43H2,1-6H3/i7D,8D,9D,19D,20D. The molecule has 358 valence electrons. The summed E-state index contributed by atoms with van der Waals surface area (Å²) in [5.41, 5.74) is 10.1. The number of pyridine rings is 1. The van der Waals surface area contributed by atoms with E-state index in [0.29, 0.717) is 18.0 Å². The van der Waals surface area contributed by atoms with Gasteiger partial charge in [-0.15, -0.1) is 0 Å². The molecule has 10 aromatic rings. The lowest BCUT2D eigenvalue weighted by Gasteiger charge is -2.24. The zero-order valence-corrected chi connectivity index (χ0v) is 42.3. The van der Waals surface area contributed by atoms with E-state index in [1.165, 1.54) is 26.8 Å². The average molecular weight is 954 g/mol. The molecule has 0 bridgehead atoms. The summed E-state index contributed by atoms with van der Waals surface area (Å²) in [4.78, 5) is 7.32. The van der Waals surface area contributed by atoms with Crippen LogP contribution in [-0.4, -0.2) is 14.1 Å². The fourth-order valence-electron chi connectivity index (χ4n) is 11.5. The molecule has 5 nitrogen and oxygen atoms in total. The van der Waals surface area contributed by atoms with Gasteiger partial charge in [-0.3, -0.25) is 4.57 Å². The van der Waals surface area contributed by atoms with Gasteiger partial charge in [0.05, 0.1) is 34.4 Å². The first-order chi connectivity index (χ1) is 37.5. The van der Waals surface area contributed by atoms with Gasteiger partial charge in [-0.05, 0) is 146 Å². The second kappa shape index (κ2) is 17.3. The highest BCUT2D eigenvalue weighted by Crippen LogP contribution is 2.41. The van der Waals surface area contributed by atoms with E-state index in [1.54, 1.807) is 0 Å². The molecule has 2 aliphatic carbocycles. The second-order valence-corrected chi connectivity index (χ2v) is 21.8. The maximum absolute atomic E-state index is 9.12. The Bertz CT molecular complexity index is 4530. The van der Waals surface area contributed by atoms with E-state index >= 15 is 0 Å². The van der Waals surface area contributed by atoms with E-state index in [-0.39, 0.29) is 40.6 Å². The van der Waals surface area contributed by atoms with E-state index in [9.17, 15) is 0 Å². The molecule has 73 heavy (non-hydrogen) atoms. The summed E-state index contributed by atoms with van der Waals surface area (Å²) in [5, 5.41) is 10.5. The lowest BCUT2D eigenvalue weighted by molar-refractivity contribution is 0.483. The third-order valence-electron chi connectivity index (χ3n) is 15.2. The third-order valence-corrected chi connectivity index (χ3v) is 15.2. The zero-order valence-electron chi connectivity index (χ0n) is 47.3. The Morgan fingerprint density at radius 2 is 1.21 bits per heavy atom. The van der Waals surface area contributed by atoms with Gasteiger partial charge in [-0.2, -0.15) is 0 Å². The molecule has 0 radical (unpaired) electrons. The van der Waals surface area contributed by atoms with Crippen molar-refractivity contribution in [2.45, 2.75) is 84.7 Å². The lowest BCUT2D eigenvalue weighted by Crippen LogP contribution is -2.39. The monoisotopic (exact) mass is 954 g/mol. The van der Waals surface area contributed by atoms with E-state index in [1.807, 2.05) is 18.3 Å². The first-order valence-corrected chi connectivity index (χ1v) is 25.7. The lowest BCUT2D eigenvalue weighted by atomic mass is 9.82. The van der Waals surface area contributed by atoms with Gasteiger partial charge < -0.3 is 14.2 Å². The zero-order chi connectivity index (χ0) is 53.9. The summed E-state index contributed by atoms with van der Waals surface area (Å²) in [7, 11) is 0. The first kappa shape index (κ1) is 39.5. The molecule has 3 aromatic heterocycles. The Balaban J connectivity index is 1.03. The van der Waals surface area contributed by atoms with Crippen molar-refractivity contribution < 1.29 is 11.6 Å².